The van der Waals surface area contributed by atoms with Crippen molar-refractivity contribution in [2.24, 2.45) is 0 Å². The number of halogens is 1. The Morgan fingerprint density at radius 2 is 1.66 bits per heavy atom. The standard InChI is InChI=1S/C22H32N2O3S.ClH/c1-17(2)21-8-6-7-9-22(21)27-16-18(3)24(4)15-14-19-10-12-20(13-11-19)23-28(5,25)26;/h6-13,17-18,23H,14-16H2,1-5H3;1H. The highest BCUT2D eigenvalue weighted by atomic mass is 35.5. The van der Waals surface area contributed by atoms with E-state index in [9.17, 15) is 8.42 Å². The van der Waals surface area contributed by atoms with E-state index >= 15 is 0 Å². The molecular weight excluding hydrogens is 408 g/mol. The molecule has 5 nitrogen and oxygen atoms in total. The summed E-state index contributed by atoms with van der Waals surface area (Å²) in [5, 5.41) is 0. The maximum absolute atomic E-state index is 11.3. The first kappa shape index (κ1) is 25.3. The van der Waals surface area contributed by atoms with E-state index in [0.29, 0.717) is 18.2 Å². The molecule has 2 rings (SSSR count). The molecule has 0 aliphatic heterocycles. The van der Waals surface area contributed by atoms with Crippen LogP contribution >= 0.6 is 12.4 Å². The van der Waals surface area contributed by atoms with Crippen molar-refractivity contribution >= 4 is 28.1 Å². The lowest BCUT2D eigenvalue weighted by molar-refractivity contribution is 0.173. The first-order chi connectivity index (χ1) is 13.2. The summed E-state index contributed by atoms with van der Waals surface area (Å²) in [6, 6.07) is 16.0. The summed E-state index contributed by atoms with van der Waals surface area (Å²) < 4.78 is 31.1. The number of hydrogen-bond acceptors (Lipinski definition) is 4. The zero-order valence-corrected chi connectivity index (χ0v) is 19.5. The van der Waals surface area contributed by atoms with Crippen molar-refractivity contribution in [2.45, 2.75) is 39.2 Å². The second-order valence-corrected chi connectivity index (χ2v) is 9.40. The Kier molecular flexibility index (Phi) is 9.96. The van der Waals surface area contributed by atoms with Gasteiger partial charge >= 0.3 is 0 Å². The number of anilines is 1. The monoisotopic (exact) mass is 440 g/mol. The van der Waals surface area contributed by atoms with Crippen molar-refractivity contribution in [1.29, 1.82) is 0 Å². The van der Waals surface area contributed by atoms with Crippen LogP contribution in [0, 0.1) is 0 Å². The van der Waals surface area contributed by atoms with Crippen molar-refractivity contribution < 1.29 is 13.2 Å². The van der Waals surface area contributed by atoms with Crippen molar-refractivity contribution in [3.63, 3.8) is 0 Å². The van der Waals surface area contributed by atoms with Crippen molar-refractivity contribution in [2.75, 3.05) is 31.2 Å². The summed E-state index contributed by atoms with van der Waals surface area (Å²) >= 11 is 0. The quantitative estimate of drug-likeness (QED) is 0.589. The van der Waals surface area contributed by atoms with Crippen LogP contribution in [0.2, 0.25) is 0 Å². The Morgan fingerprint density at radius 3 is 2.24 bits per heavy atom. The van der Waals surface area contributed by atoms with Crippen LogP contribution in [-0.2, 0) is 16.4 Å². The van der Waals surface area contributed by atoms with E-state index in [-0.39, 0.29) is 18.4 Å². The second kappa shape index (κ2) is 11.4. The molecule has 0 saturated heterocycles. The topological polar surface area (TPSA) is 58.6 Å². The highest BCUT2D eigenvalue weighted by Crippen LogP contribution is 2.26. The van der Waals surface area contributed by atoms with Gasteiger partial charge in [-0.1, -0.05) is 44.2 Å². The summed E-state index contributed by atoms with van der Waals surface area (Å²) in [4.78, 5) is 2.28. The molecule has 0 amide bonds. The van der Waals surface area contributed by atoms with E-state index < -0.39 is 10.0 Å². The summed E-state index contributed by atoms with van der Waals surface area (Å²) in [6.07, 6.45) is 2.04. The third kappa shape index (κ3) is 8.64. The maximum Gasteiger partial charge on any atom is 0.229 e. The average molecular weight is 441 g/mol. The highest BCUT2D eigenvalue weighted by molar-refractivity contribution is 7.92. The van der Waals surface area contributed by atoms with Crippen LogP contribution in [0.1, 0.15) is 37.8 Å². The van der Waals surface area contributed by atoms with Gasteiger partial charge in [0, 0.05) is 18.3 Å². The Morgan fingerprint density at radius 1 is 1.03 bits per heavy atom. The van der Waals surface area contributed by atoms with Crippen LogP contribution < -0.4 is 9.46 Å². The van der Waals surface area contributed by atoms with Gasteiger partial charge in [-0.2, -0.15) is 0 Å². The number of likely N-dealkylation sites (N-methyl/N-ethyl adjacent to an activating group) is 1. The van der Waals surface area contributed by atoms with Crippen LogP contribution in [0.3, 0.4) is 0 Å². The van der Waals surface area contributed by atoms with Gasteiger partial charge in [-0.15, -0.1) is 12.4 Å². The minimum Gasteiger partial charge on any atom is -0.492 e. The molecule has 2 aromatic carbocycles. The van der Waals surface area contributed by atoms with E-state index in [1.165, 1.54) is 11.1 Å². The number of rotatable bonds is 10. The van der Waals surface area contributed by atoms with Gasteiger partial charge in [0.2, 0.25) is 10.0 Å². The molecule has 0 heterocycles. The van der Waals surface area contributed by atoms with Gasteiger partial charge in [0.15, 0.2) is 0 Å². The fourth-order valence-electron chi connectivity index (χ4n) is 2.91. The molecule has 0 aliphatic carbocycles. The smallest absolute Gasteiger partial charge is 0.229 e. The fraction of sp³-hybridized carbons (Fsp3) is 0.455. The van der Waals surface area contributed by atoms with E-state index in [4.69, 9.17) is 4.74 Å². The number of para-hydroxylation sites is 1. The van der Waals surface area contributed by atoms with Gasteiger partial charge < -0.3 is 4.74 Å². The van der Waals surface area contributed by atoms with Crippen LogP contribution in [0.25, 0.3) is 0 Å². The van der Waals surface area contributed by atoms with Gasteiger partial charge in [0.1, 0.15) is 12.4 Å². The van der Waals surface area contributed by atoms with E-state index in [1.54, 1.807) is 12.1 Å². The minimum absolute atomic E-state index is 0. The van der Waals surface area contributed by atoms with E-state index in [2.05, 4.69) is 49.6 Å². The average Bonchev–Trinajstić information content (AvgIpc) is 2.64. The predicted molar refractivity (Wildman–Crippen MR) is 124 cm³/mol. The van der Waals surface area contributed by atoms with Crippen LogP contribution in [0.15, 0.2) is 48.5 Å². The van der Waals surface area contributed by atoms with Gasteiger partial charge in [0.05, 0.1) is 6.26 Å². The molecule has 1 atom stereocenters. The number of benzene rings is 2. The molecule has 162 valence electrons. The molecule has 7 heteroatoms. The van der Waals surface area contributed by atoms with Crippen molar-refractivity contribution in [3.05, 3.63) is 59.7 Å². The highest BCUT2D eigenvalue weighted by Gasteiger charge is 2.13. The fourth-order valence-corrected chi connectivity index (χ4v) is 3.47. The number of ether oxygens (including phenoxy) is 1. The second-order valence-electron chi connectivity index (χ2n) is 7.65. The molecule has 1 N–H and O–H groups in total. The zero-order valence-electron chi connectivity index (χ0n) is 17.9. The Bertz CT molecular complexity index is 855. The molecule has 29 heavy (non-hydrogen) atoms. The molecular formula is C22H33ClN2O3S. The molecule has 0 saturated carbocycles. The van der Waals surface area contributed by atoms with Crippen LogP contribution in [-0.4, -0.2) is 45.8 Å². The summed E-state index contributed by atoms with van der Waals surface area (Å²) in [5.74, 6) is 1.40. The largest absolute Gasteiger partial charge is 0.492 e. The van der Waals surface area contributed by atoms with Crippen LogP contribution in [0.5, 0.6) is 5.75 Å². The number of nitrogens with zero attached hydrogens (tertiary/aromatic N) is 1. The first-order valence-electron chi connectivity index (χ1n) is 9.64. The van der Waals surface area contributed by atoms with Gasteiger partial charge in [-0.25, -0.2) is 8.42 Å². The third-order valence-corrected chi connectivity index (χ3v) is 5.39. The lowest BCUT2D eigenvalue weighted by Gasteiger charge is -2.25. The van der Waals surface area contributed by atoms with Crippen molar-refractivity contribution in [3.8, 4) is 5.75 Å². The zero-order chi connectivity index (χ0) is 20.7. The summed E-state index contributed by atoms with van der Waals surface area (Å²) in [6.45, 7) is 8.05. The van der Waals surface area contributed by atoms with Gasteiger partial charge in [-0.05, 0) is 55.6 Å². The lowest BCUT2D eigenvalue weighted by Crippen LogP contribution is -2.35. The number of hydrogen-bond donors (Lipinski definition) is 1. The normalized spacial score (nSPS) is 12.5. The number of nitrogens with one attached hydrogen (secondary N) is 1. The Hall–Kier alpha value is -1.76. The minimum atomic E-state index is -3.24. The lowest BCUT2D eigenvalue weighted by atomic mass is 10.0. The SMILES string of the molecule is CC(C)c1ccccc1OCC(C)N(C)CCc1ccc(NS(C)(=O)=O)cc1.Cl. The summed E-state index contributed by atoms with van der Waals surface area (Å²) in [5.41, 5.74) is 2.99. The van der Waals surface area contributed by atoms with Crippen molar-refractivity contribution in [1.82, 2.24) is 4.90 Å². The van der Waals surface area contributed by atoms with Crippen LogP contribution in [0.4, 0.5) is 5.69 Å². The van der Waals surface area contributed by atoms with E-state index in [1.807, 2.05) is 24.3 Å². The molecule has 0 fully saturated rings. The van der Waals surface area contributed by atoms with E-state index in [0.717, 1.165) is 25.0 Å². The molecule has 1 unspecified atom stereocenters. The van der Waals surface area contributed by atoms with Gasteiger partial charge in [-0.3, -0.25) is 9.62 Å². The maximum atomic E-state index is 11.3. The van der Waals surface area contributed by atoms with Gasteiger partial charge in [0.25, 0.3) is 0 Å². The summed E-state index contributed by atoms with van der Waals surface area (Å²) in [7, 11) is -1.14. The molecule has 0 radical (unpaired) electrons. The Labute approximate surface area is 181 Å². The molecule has 0 aliphatic rings. The predicted octanol–water partition coefficient (Wildman–Crippen LogP) is 4.55. The third-order valence-electron chi connectivity index (χ3n) is 4.78. The Balaban J connectivity index is 0.00000420. The first-order valence-corrected chi connectivity index (χ1v) is 11.5. The molecule has 0 bridgehead atoms. The molecule has 2 aromatic rings. The number of sulfonamides is 1. The molecule has 0 spiro atoms. The molecule has 0 aromatic heterocycles.